The summed E-state index contributed by atoms with van der Waals surface area (Å²) in [6, 6.07) is 0.989. The molecule has 3 nitrogen and oxygen atoms in total. The van der Waals surface area contributed by atoms with Gasteiger partial charge in [-0.2, -0.15) is 0 Å². The Labute approximate surface area is 148 Å². The van der Waals surface area contributed by atoms with Crippen molar-refractivity contribution in [1.82, 2.24) is 9.88 Å². The number of hydrogen-bond acceptors (Lipinski definition) is 3. The van der Waals surface area contributed by atoms with Gasteiger partial charge in [0.15, 0.2) is 0 Å². The molecule has 0 aliphatic heterocycles. The smallest absolute Gasteiger partial charge is 0.492 e. The van der Waals surface area contributed by atoms with Crippen LogP contribution in [0.1, 0.15) is 6.42 Å². The minimum absolute atomic E-state index is 0. The molecule has 0 saturated heterocycles. The van der Waals surface area contributed by atoms with Crippen LogP contribution in [0.3, 0.4) is 0 Å². The molecule has 0 amide bonds. The Morgan fingerprint density at radius 1 is 1.28 bits per heavy atom. The maximum absolute atomic E-state index is 12.4. The zero-order valence-electron chi connectivity index (χ0n) is 10.9. The minimum atomic E-state index is -5.01. The van der Waals surface area contributed by atoms with Crippen molar-refractivity contribution in [3.63, 3.8) is 0 Å². The monoisotopic (exact) mass is 286 g/mol. The van der Waals surface area contributed by atoms with Crippen LogP contribution in [0.15, 0.2) is 18.5 Å². The summed E-state index contributed by atoms with van der Waals surface area (Å²) in [7, 11) is 3.85. The van der Waals surface area contributed by atoms with Crippen molar-refractivity contribution >= 4 is 12.4 Å². The van der Waals surface area contributed by atoms with E-state index in [1.54, 1.807) is 0 Å². The van der Waals surface area contributed by atoms with Gasteiger partial charge in [0.25, 0.3) is 0 Å². The van der Waals surface area contributed by atoms with Gasteiger partial charge >= 0.3 is 58.4 Å². The van der Waals surface area contributed by atoms with Crippen molar-refractivity contribution in [1.29, 1.82) is 0 Å². The molecule has 0 unspecified atom stereocenters. The normalized spacial score (nSPS) is 11.2. The fourth-order valence-electron chi connectivity index (χ4n) is 1.26. The molecule has 96 valence electrons. The van der Waals surface area contributed by atoms with Crippen LogP contribution in [0.4, 0.5) is 12.9 Å². The first-order valence-electron chi connectivity index (χ1n) is 5.32. The van der Waals surface area contributed by atoms with Crippen LogP contribution in [0.5, 0.6) is 5.75 Å². The van der Waals surface area contributed by atoms with E-state index in [9.17, 15) is 12.9 Å². The predicted octanol–water partition coefficient (Wildman–Crippen LogP) is -1.53. The van der Waals surface area contributed by atoms with Crippen LogP contribution in [0.25, 0.3) is 0 Å². The third-order valence-corrected chi connectivity index (χ3v) is 2.13. The van der Waals surface area contributed by atoms with Gasteiger partial charge in [-0.1, -0.05) is 5.46 Å². The zero-order valence-corrected chi connectivity index (χ0v) is 14.0. The van der Waals surface area contributed by atoms with Gasteiger partial charge < -0.3 is 22.6 Å². The summed E-state index contributed by atoms with van der Waals surface area (Å²) in [5, 5.41) is 0. The van der Waals surface area contributed by atoms with Crippen LogP contribution >= 0.6 is 0 Å². The Balaban J connectivity index is 0.00000289. The second kappa shape index (κ2) is 8.55. The molecule has 0 aromatic carbocycles. The molecule has 1 aromatic heterocycles. The van der Waals surface area contributed by atoms with Gasteiger partial charge in [0.1, 0.15) is 5.75 Å². The van der Waals surface area contributed by atoms with E-state index < -0.39 is 12.4 Å². The molecule has 0 fully saturated rings. The Kier molecular flexibility index (Phi) is 8.74. The molecule has 0 N–H and O–H groups in total. The maximum atomic E-state index is 12.4. The molecule has 8 heteroatoms. The molecular formula is C10H15BF3KN2O. The first-order chi connectivity index (χ1) is 7.89. The molecule has 0 saturated carbocycles. The quantitative estimate of drug-likeness (QED) is 0.469. The number of nitrogens with zero attached hydrogens (tertiary/aromatic N) is 2. The van der Waals surface area contributed by atoms with Crippen LogP contribution < -0.4 is 61.6 Å². The summed E-state index contributed by atoms with van der Waals surface area (Å²) in [6.45, 7) is -3.80. The maximum Gasteiger partial charge on any atom is 1.00 e. The van der Waals surface area contributed by atoms with Crippen LogP contribution in [0, 0.1) is 0 Å². The summed E-state index contributed by atoms with van der Waals surface area (Å²) >= 11 is 0. The average molecular weight is 286 g/mol. The average Bonchev–Trinajstić information content (AvgIpc) is 2.23. The van der Waals surface area contributed by atoms with Gasteiger partial charge in [0.2, 0.25) is 0 Å². The Bertz CT molecular complexity index is 363. The fourth-order valence-corrected chi connectivity index (χ4v) is 1.26. The SMILES string of the molecule is CN(C)CCCOc1cncc([B-](F)(F)F)c1.[K+]. The Morgan fingerprint density at radius 2 is 1.94 bits per heavy atom. The molecule has 1 aromatic rings. The van der Waals surface area contributed by atoms with E-state index in [0.717, 1.165) is 25.2 Å². The first-order valence-corrected chi connectivity index (χ1v) is 5.32. The summed E-state index contributed by atoms with van der Waals surface area (Å²) in [4.78, 5) is 5.51. The summed E-state index contributed by atoms with van der Waals surface area (Å²) in [5.74, 6) is 0.167. The van der Waals surface area contributed by atoms with Gasteiger partial charge in [-0.25, -0.2) is 0 Å². The van der Waals surface area contributed by atoms with E-state index in [4.69, 9.17) is 4.74 Å². The molecular weight excluding hydrogens is 271 g/mol. The molecule has 1 heterocycles. The van der Waals surface area contributed by atoms with Gasteiger partial charge in [-0.05, 0) is 26.6 Å². The topological polar surface area (TPSA) is 25.4 Å². The van der Waals surface area contributed by atoms with E-state index in [1.807, 2.05) is 19.0 Å². The summed E-state index contributed by atoms with van der Waals surface area (Å²) < 4.78 is 42.5. The Hall–Kier alpha value is 0.401. The molecule has 1 rings (SSSR count). The van der Waals surface area contributed by atoms with E-state index in [-0.39, 0.29) is 57.1 Å². The van der Waals surface area contributed by atoms with E-state index in [0.29, 0.717) is 6.61 Å². The standard InChI is InChI=1S/C10H15BF3N2O.K/c1-16(2)4-3-5-17-10-6-9(7-15-8-10)11(12,13)14;/h6-8H,3-5H2,1-2H3;/q-1;+1. The molecule has 0 bridgehead atoms. The van der Waals surface area contributed by atoms with Gasteiger partial charge in [0.05, 0.1) is 12.8 Å². The third kappa shape index (κ3) is 7.10. The number of halogens is 3. The molecule has 18 heavy (non-hydrogen) atoms. The number of hydrogen-bond donors (Lipinski definition) is 0. The van der Waals surface area contributed by atoms with Crippen molar-refractivity contribution in [2.75, 3.05) is 27.2 Å². The van der Waals surface area contributed by atoms with Gasteiger partial charge in [-0.3, -0.25) is 4.98 Å². The van der Waals surface area contributed by atoms with Gasteiger partial charge in [-0.15, -0.1) is 0 Å². The van der Waals surface area contributed by atoms with E-state index in [2.05, 4.69) is 4.98 Å². The molecule has 0 spiro atoms. The summed E-state index contributed by atoms with van der Waals surface area (Å²) in [5.41, 5.74) is -0.727. The van der Waals surface area contributed by atoms with Gasteiger partial charge in [0, 0.05) is 12.7 Å². The fraction of sp³-hybridized carbons (Fsp3) is 0.500. The number of aromatic nitrogens is 1. The largest absolute Gasteiger partial charge is 1.00 e. The molecule has 0 aliphatic rings. The Morgan fingerprint density at radius 3 is 2.50 bits per heavy atom. The van der Waals surface area contributed by atoms with Crippen molar-refractivity contribution < 1.29 is 69.1 Å². The summed E-state index contributed by atoms with van der Waals surface area (Å²) in [6.07, 6.45) is 2.86. The molecule has 0 aliphatic carbocycles. The second-order valence-electron chi connectivity index (χ2n) is 4.03. The second-order valence-corrected chi connectivity index (χ2v) is 4.03. The number of pyridine rings is 1. The van der Waals surface area contributed by atoms with Crippen LogP contribution in [-0.4, -0.2) is 44.1 Å². The minimum Gasteiger partial charge on any atom is -0.492 e. The van der Waals surface area contributed by atoms with E-state index >= 15 is 0 Å². The molecule has 0 atom stereocenters. The van der Waals surface area contributed by atoms with Crippen molar-refractivity contribution in [2.45, 2.75) is 6.42 Å². The predicted molar refractivity (Wildman–Crippen MR) is 61.6 cm³/mol. The zero-order chi connectivity index (χ0) is 12.9. The van der Waals surface area contributed by atoms with Crippen LogP contribution in [-0.2, 0) is 0 Å². The van der Waals surface area contributed by atoms with Crippen molar-refractivity contribution in [2.24, 2.45) is 0 Å². The van der Waals surface area contributed by atoms with Crippen molar-refractivity contribution in [3.8, 4) is 5.75 Å². The van der Waals surface area contributed by atoms with Crippen LogP contribution in [0.2, 0.25) is 0 Å². The van der Waals surface area contributed by atoms with E-state index in [1.165, 1.54) is 6.20 Å². The number of rotatable bonds is 6. The third-order valence-electron chi connectivity index (χ3n) is 2.13. The van der Waals surface area contributed by atoms with Crippen molar-refractivity contribution in [3.05, 3.63) is 18.5 Å². The molecule has 0 radical (unpaired) electrons. The first kappa shape index (κ1) is 18.4. The number of ether oxygens (including phenoxy) is 1.